The Morgan fingerprint density at radius 2 is 1.91 bits per heavy atom. The highest BCUT2D eigenvalue weighted by Crippen LogP contribution is 2.40. The van der Waals surface area contributed by atoms with Gasteiger partial charge < -0.3 is 5.32 Å². The van der Waals surface area contributed by atoms with Crippen molar-refractivity contribution in [1.82, 2.24) is 14.2 Å². The van der Waals surface area contributed by atoms with Crippen LogP contribution in [0.2, 0.25) is 5.02 Å². The lowest BCUT2D eigenvalue weighted by Gasteiger charge is -2.15. The van der Waals surface area contributed by atoms with Crippen LogP contribution >= 0.6 is 23.4 Å². The highest BCUT2D eigenvalue weighted by atomic mass is 35.5. The van der Waals surface area contributed by atoms with Gasteiger partial charge in [0.1, 0.15) is 4.90 Å². The molecule has 3 aromatic rings. The van der Waals surface area contributed by atoms with Gasteiger partial charge in [-0.1, -0.05) is 29.8 Å². The van der Waals surface area contributed by atoms with Crippen molar-refractivity contribution in [2.24, 2.45) is 0 Å². The first-order valence-electron chi connectivity index (χ1n) is 6.56. The molecule has 0 spiro atoms. The van der Waals surface area contributed by atoms with Gasteiger partial charge in [0, 0.05) is 15.6 Å². The summed E-state index contributed by atoms with van der Waals surface area (Å²) in [7, 11) is -3.77. The lowest BCUT2D eigenvalue weighted by atomic mass is 10.3. The summed E-state index contributed by atoms with van der Waals surface area (Å²) >= 11 is 7.16. The molecule has 0 atom stereocenters. The lowest BCUT2D eigenvalue weighted by molar-refractivity contribution is 0.568. The average molecular weight is 365 g/mol. The first-order chi connectivity index (χ1) is 11.0. The first kappa shape index (κ1) is 14.6. The normalized spacial score (nSPS) is 14.8. The van der Waals surface area contributed by atoms with Crippen molar-refractivity contribution in [1.29, 1.82) is 0 Å². The molecule has 23 heavy (non-hydrogen) atoms. The second-order valence-electron chi connectivity index (χ2n) is 4.75. The van der Waals surface area contributed by atoms with Crippen LogP contribution in [0.1, 0.15) is 0 Å². The summed E-state index contributed by atoms with van der Waals surface area (Å²) in [6.07, 6.45) is 0. The van der Waals surface area contributed by atoms with E-state index in [-0.39, 0.29) is 16.0 Å². The number of hydrogen-bond acceptors (Lipinski definition) is 6. The highest BCUT2D eigenvalue weighted by molar-refractivity contribution is 8.01. The molecule has 1 N–H and O–H groups in total. The molecule has 1 aliphatic heterocycles. The Morgan fingerprint density at radius 1 is 1.13 bits per heavy atom. The van der Waals surface area contributed by atoms with E-state index in [2.05, 4.69) is 15.4 Å². The van der Waals surface area contributed by atoms with Crippen molar-refractivity contribution in [3.63, 3.8) is 0 Å². The van der Waals surface area contributed by atoms with Gasteiger partial charge >= 0.3 is 0 Å². The minimum Gasteiger partial charge on any atom is -0.323 e. The minimum absolute atomic E-state index is 0.176. The predicted molar refractivity (Wildman–Crippen MR) is 87.9 cm³/mol. The molecular formula is C14H9ClN4O2S2. The largest absolute Gasteiger partial charge is 0.323 e. The van der Waals surface area contributed by atoms with Crippen molar-refractivity contribution in [2.45, 2.75) is 14.9 Å². The summed E-state index contributed by atoms with van der Waals surface area (Å²) in [4.78, 5) is 4.97. The fraction of sp³-hybridized carbons (Fsp3) is 0. The van der Waals surface area contributed by atoms with Crippen LogP contribution in [0.3, 0.4) is 0 Å². The third kappa shape index (κ3) is 2.48. The number of para-hydroxylation sites is 1. The van der Waals surface area contributed by atoms with E-state index in [4.69, 9.17) is 11.6 Å². The van der Waals surface area contributed by atoms with Crippen LogP contribution in [0, 0.1) is 0 Å². The fourth-order valence-corrected chi connectivity index (χ4v) is 5.23. The number of benzene rings is 2. The Bertz CT molecular complexity index is 1000. The number of aromatic nitrogens is 3. The summed E-state index contributed by atoms with van der Waals surface area (Å²) in [5.41, 5.74) is 0.776. The van der Waals surface area contributed by atoms with Crippen molar-refractivity contribution in [3.05, 3.63) is 53.6 Å². The topological polar surface area (TPSA) is 76.9 Å². The maximum atomic E-state index is 12.6. The van der Waals surface area contributed by atoms with Crippen molar-refractivity contribution in [3.8, 4) is 0 Å². The predicted octanol–water partition coefficient (Wildman–Crippen LogP) is 3.38. The van der Waals surface area contributed by atoms with Gasteiger partial charge in [0.2, 0.25) is 11.1 Å². The molecule has 0 amide bonds. The van der Waals surface area contributed by atoms with Gasteiger partial charge in [0.15, 0.2) is 0 Å². The summed E-state index contributed by atoms with van der Waals surface area (Å²) in [5, 5.41) is 7.81. The molecule has 9 heteroatoms. The van der Waals surface area contributed by atoms with Gasteiger partial charge in [0.05, 0.1) is 0 Å². The molecule has 2 aromatic carbocycles. The van der Waals surface area contributed by atoms with E-state index in [1.807, 2.05) is 30.3 Å². The van der Waals surface area contributed by atoms with E-state index in [1.54, 1.807) is 12.1 Å². The summed E-state index contributed by atoms with van der Waals surface area (Å²) in [5.74, 6) is 0.223. The number of anilines is 2. The van der Waals surface area contributed by atoms with E-state index in [1.165, 1.54) is 17.8 Å². The molecular weight excluding hydrogens is 356 g/mol. The fourth-order valence-electron chi connectivity index (χ4n) is 2.17. The lowest BCUT2D eigenvalue weighted by Crippen LogP contribution is -2.19. The SMILES string of the molecule is O=S1(=O)c2ccc(Cl)cc2Sc2nc(Nc3ccccc3)nn21. The number of hydrogen-bond donors (Lipinski definition) is 1. The van der Waals surface area contributed by atoms with Crippen molar-refractivity contribution in [2.75, 3.05) is 5.32 Å². The number of nitrogens with zero attached hydrogens (tertiary/aromatic N) is 3. The standard InChI is InChI=1S/C14H9ClN4O2S2/c15-9-6-7-12-11(8-9)22-14-17-13(18-19(14)23(12,20)21)16-10-4-2-1-3-5-10/h1-8H,(H,16,18). The van der Waals surface area contributed by atoms with Crippen LogP contribution < -0.4 is 5.32 Å². The zero-order valence-corrected chi connectivity index (χ0v) is 13.9. The third-order valence-corrected chi connectivity index (χ3v) is 6.30. The van der Waals surface area contributed by atoms with Crippen LogP contribution in [-0.2, 0) is 10.0 Å². The van der Waals surface area contributed by atoms with Crippen molar-refractivity contribution < 1.29 is 8.42 Å². The molecule has 2 heterocycles. The van der Waals surface area contributed by atoms with Crippen LogP contribution in [-0.4, -0.2) is 22.6 Å². The Hall–Kier alpha value is -2.03. The summed E-state index contributed by atoms with van der Waals surface area (Å²) in [6, 6.07) is 13.9. The van der Waals surface area contributed by atoms with E-state index in [9.17, 15) is 8.42 Å². The van der Waals surface area contributed by atoms with Gasteiger partial charge in [-0.05, 0) is 42.1 Å². The highest BCUT2D eigenvalue weighted by Gasteiger charge is 2.32. The second-order valence-corrected chi connectivity index (χ2v) is 7.93. The Kier molecular flexibility index (Phi) is 3.33. The molecule has 0 bridgehead atoms. The van der Waals surface area contributed by atoms with E-state index < -0.39 is 10.0 Å². The molecule has 0 saturated carbocycles. The monoisotopic (exact) mass is 364 g/mol. The first-order valence-corrected chi connectivity index (χ1v) is 9.19. The van der Waals surface area contributed by atoms with Crippen LogP contribution in [0.15, 0.2) is 63.5 Å². The number of halogens is 1. The second kappa shape index (κ2) is 5.26. The Labute approximate surface area is 141 Å². The summed E-state index contributed by atoms with van der Waals surface area (Å²) in [6.45, 7) is 0. The molecule has 1 aromatic heterocycles. The number of rotatable bonds is 2. The van der Waals surface area contributed by atoms with Crippen LogP contribution in [0.25, 0.3) is 0 Å². The smallest absolute Gasteiger partial charge is 0.286 e. The average Bonchev–Trinajstić information content (AvgIpc) is 2.91. The van der Waals surface area contributed by atoms with Gasteiger partial charge in [-0.15, -0.1) is 9.19 Å². The molecule has 6 nitrogen and oxygen atoms in total. The number of fused-ring (bicyclic) bond motifs is 2. The maximum absolute atomic E-state index is 12.6. The molecule has 0 saturated heterocycles. The Morgan fingerprint density at radius 3 is 2.70 bits per heavy atom. The maximum Gasteiger partial charge on any atom is 0.286 e. The molecule has 0 unspecified atom stereocenters. The minimum atomic E-state index is -3.77. The van der Waals surface area contributed by atoms with Crippen molar-refractivity contribution >= 4 is 45.0 Å². The molecule has 1 aliphatic rings. The third-order valence-electron chi connectivity index (χ3n) is 3.19. The molecule has 116 valence electrons. The van der Waals surface area contributed by atoms with Gasteiger partial charge in [-0.2, -0.15) is 13.4 Å². The molecule has 0 radical (unpaired) electrons. The van der Waals surface area contributed by atoms with Gasteiger partial charge in [0.25, 0.3) is 10.0 Å². The van der Waals surface area contributed by atoms with E-state index in [0.717, 1.165) is 9.77 Å². The van der Waals surface area contributed by atoms with Gasteiger partial charge in [-0.3, -0.25) is 0 Å². The zero-order valence-electron chi connectivity index (χ0n) is 11.5. The quantitative estimate of drug-likeness (QED) is 0.587. The number of nitrogens with one attached hydrogen (secondary N) is 1. The van der Waals surface area contributed by atoms with E-state index in [0.29, 0.717) is 9.92 Å². The molecule has 0 aliphatic carbocycles. The van der Waals surface area contributed by atoms with Crippen LogP contribution in [0.5, 0.6) is 0 Å². The van der Waals surface area contributed by atoms with Crippen LogP contribution in [0.4, 0.5) is 11.6 Å². The Balaban J connectivity index is 1.78. The molecule has 0 fully saturated rings. The van der Waals surface area contributed by atoms with Gasteiger partial charge in [-0.25, -0.2) is 0 Å². The summed E-state index contributed by atoms with van der Waals surface area (Å²) < 4.78 is 26.2. The zero-order chi connectivity index (χ0) is 16.0. The molecule has 4 rings (SSSR count). The van der Waals surface area contributed by atoms with E-state index >= 15 is 0 Å².